The van der Waals surface area contributed by atoms with Crippen molar-refractivity contribution in [3.63, 3.8) is 0 Å². The number of nitrogens with zero attached hydrogens (tertiary/aromatic N) is 3. The van der Waals surface area contributed by atoms with Gasteiger partial charge in [-0.1, -0.05) is 0 Å². The number of hydrogen-bond donors (Lipinski definition) is 0. The topological polar surface area (TPSA) is 57.0 Å². The van der Waals surface area contributed by atoms with Gasteiger partial charge in [0.05, 0.1) is 23.9 Å². The molecule has 0 aliphatic heterocycles. The van der Waals surface area contributed by atoms with Crippen molar-refractivity contribution in [1.82, 2.24) is 14.8 Å². The standard InChI is InChI=1S/C11H8F3N3O2/c1-19-10(18)8-3-2-7(11(12,13)14)4-9(8)17-6-15-5-16-17/h2-6H,1H3. The molecule has 0 fully saturated rings. The third-order valence-electron chi connectivity index (χ3n) is 2.40. The Hall–Kier alpha value is -2.38. The summed E-state index contributed by atoms with van der Waals surface area (Å²) >= 11 is 0. The van der Waals surface area contributed by atoms with Crippen LogP contribution in [0.2, 0.25) is 0 Å². The molecule has 0 saturated heterocycles. The summed E-state index contributed by atoms with van der Waals surface area (Å²) in [5.74, 6) is -0.751. The van der Waals surface area contributed by atoms with E-state index in [1.54, 1.807) is 0 Å². The van der Waals surface area contributed by atoms with Gasteiger partial charge in [0.15, 0.2) is 0 Å². The number of esters is 1. The Labute approximate surface area is 105 Å². The molecule has 0 N–H and O–H groups in total. The third kappa shape index (κ3) is 2.56. The maximum atomic E-state index is 12.7. The summed E-state index contributed by atoms with van der Waals surface area (Å²) in [7, 11) is 1.14. The van der Waals surface area contributed by atoms with Crippen LogP contribution < -0.4 is 0 Å². The number of rotatable bonds is 2. The van der Waals surface area contributed by atoms with Gasteiger partial charge in [0.2, 0.25) is 0 Å². The average Bonchev–Trinajstić information content (AvgIpc) is 2.89. The van der Waals surface area contributed by atoms with Crippen molar-refractivity contribution in [2.24, 2.45) is 0 Å². The maximum Gasteiger partial charge on any atom is 0.416 e. The van der Waals surface area contributed by atoms with Crippen LogP contribution in [0.4, 0.5) is 13.2 Å². The van der Waals surface area contributed by atoms with Crippen LogP contribution in [0.3, 0.4) is 0 Å². The minimum Gasteiger partial charge on any atom is -0.465 e. The summed E-state index contributed by atoms with van der Waals surface area (Å²) in [4.78, 5) is 15.2. The van der Waals surface area contributed by atoms with E-state index in [1.165, 1.54) is 6.33 Å². The Morgan fingerprint density at radius 2 is 2.11 bits per heavy atom. The summed E-state index contributed by atoms with van der Waals surface area (Å²) in [6.07, 6.45) is -2.16. The lowest BCUT2D eigenvalue weighted by molar-refractivity contribution is -0.137. The van der Waals surface area contributed by atoms with Crippen molar-refractivity contribution in [3.8, 4) is 5.69 Å². The highest BCUT2D eigenvalue weighted by Gasteiger charge is 2.32. The Balaban J connectivity index is 2.61. The molecular formula is C11H8F3N3O2. The fraction of sp³-hybridized carbons (Fsp3) is 0.182. The predicted molar refractivity (Wildman–Crippen MR) is 57.7 cm³/mol. The van der Waals surface area contributed by atoms with E-state index in [-0.39, 0.29) is 11.3 Å². The minimum atomic E-state index is -4.51. The lowest BCUT2D eigenvalue weighted by Crippen LogP contribution is -2.12. The van der Waals surface area contributed by atoms with Crippen LogP contribution in [-0.4, -0.2) is 27.8 Å². The molecule has 0 aliphatic rings. The first kappa shape index (κ1) is 13.1. The number of ether oxygens (including phenoxy) is 1. The number of benzene rings is 1. The van der Waals surface area contributed by atoms with Crippen LogP contribution in [-0.2, 0) is 10.9 Å². The van der Waals surface area contributed by atoms with Crippen molar-refractivity contribution in [1.29, 1.82) is 0 Å². The molecule has 1 aromatic heterocycles. The quantitative estimate of drug-likeness (QED) is 0.785. The smallest absolute Gasteiger partial charge is 0.416 e. The van der Waals surface area contributed by atoms with Crippen LogP contribution in [0.1, 0.15) is 15.9 Å². The number of halogens is 3. The van der Waals surface area contributed by atoms with Crippen molar-refractivity contribution in [2.45, 2.75) is 6.18 Å². The van der Waals surface area contributed by atoms with E-state index in [2.05, 4.69) is 14.8 Å². The molecule has 100 valence electrons. The lowest BCUT2D eigenvalue weighted by Gasteiger charge is -2.12. The zero-order valence-corrected chi connectivity index (χ0v) is 9.68. The molecule has 0 atom stereocenters. The normalized spacial score (nSPS) is 11.4. The van der Waals surface area contributed by atoms with E-state index < -0.39 is 17.7 Å². The van der Waals surface area contributed by atoms with Crippen LogP contribution in [0.25, 0.3) is 5.69 Å². The van der Waals surface area contributed by atoms with Gasteiger partial charge in [0.1, 0.15) is 12.7 Å². The fourth-order valence-corrected chi connectivity index (χ4v) is 1.51. The fourth-order valence-electron chi connectivity index (χ4n) is 1.51. The van der Waals surface area contributed by atoms with E-state index >= 15 is 0 Å². The van der Waals surface area contributed by atoms with Crippen molar-refractivity contribution >= 4 is 5.97 Å². The zero-order chi connectivity index (χ0) is 14.0. The molecule has 8 heteroatoms. The van der Waals surface area contributed by atoms with Gasteiger partial charge >= 0.3 is 12.1 Å². The second-order valence-corrected chi connectivity index (χ2v) is 3.56. The van der Waals surface area contributed by atoms with Crippen LogP contribution in [0.15, 0.2) is 30.9 Å². The second kappa shape index (κ2) is 4.71. The highest BCUT2D eigenvalue weighted by atomic mass is 19.4. The van der Waals surface area contributed by atoms with Gasteiger partial charge in [0.25, 0.3) is 0 Å². The molecule has 2 rings (SSSR count). The first-order valence-corrected chi connectivity index (χ1v) is 5.08. The highest BCUT2D eigenvalue weighted by molar-refractivity contribution is 5.93. The summed E-state index contributed by atoms with van der Waals surface area (Å²) in [6.45, 7) is 0. The van der Waals surface area contributed by atoms with Crippen LogP contribution in [0, 0.1) is 0 Å². The summed E-state index contributed by atoms with van der Waals surface area (Å²) in [6, 6.07) is 2.68. The molecule has 0 spiro atoms. The molecule has 0 saturated carbocycles. The van der Waals surface area contributed by atoms with E-state index in [0.29, 0.717) is 0 Å². The van der Waals surface area contributed by atoms with E-state index in [4.69, 9.17) is 0 Å². The summed E-state index contributed by atoms with van der Waals surface area (Å²) in [5.41, 5.74) is -0.953. The monoisotopic (exact) mass is 271 g/mol. The van der Waals surface area contributed by atoms with Gasteiger partial charge in [-0.2, -0.15) is 18.3 Å². The van der Waals surface area contributed by atoms with Gasteiger partial charge < -0.3 is 4.74 Å². The number of methoxy groups -OCH3 is 1. The average molecular weight is 271 g/mol. The maximum absolute atomic E-state index is 12.7. The second-order valence-electron chi connectivity index (χ2n) is 3.56. The Kier molecular flexibility index (Phi) is 3.24. The third-order valence-corrected chi connectivity index (χ3v) is 2.40. The lowest BCUT2D eigenvalue weighted by atomic mass is 10.1. The summed E-state index contributed by atoms with van der Waals surface area (Å²) in [5, 5.41) is 3.72. The zero-order valence-electron chi connectivity index (χ0n) is 9.68. The van der Waals surface area contributed by atoms with Gasteiger partial charge in [-0.25, -0.2) is 14.5 Å². The Morgan fingerprint density at radius 3 is 2.63 bits per heavy atom. The van der Waals surface area contributed by atoms with Crippen molar-refractivity contribution < 1.29 is 22.7 Å². The van der Waals surface area contributed by atoms with Crippen LogP contribution >= 0.6 is 0 Å². The van der Waals surface area contributed by atoms with E-state index in [1.807, 2.05) is 0 Å². The first-order chi connectivity index (χ1) is 8.93. The molecule has 1 aromatic carbocycles. The molecular weight excluding hydrogens is 263 g/mol. The molecule has 0 radical (unpaired) electrons. The molecule has 0 unspecified atom stereocenters. The largest absolute Gasteiger partial charge is 0.465 e. The van der Waals surface area contributed by atoms with Gasteiger partial charge in [-0.15, -0.1) is 0 Å². The van der Waals surface area contributed by atoms with Gasteiger partial charge in [0, 0.05) is 0 Å². The molecule has 19 heavy (non-hydrogen) atoms. The number of carbonyl (C=O) groups is 1. The summed E-state index contributed by atoms with van der Waals surface area (Å²) < 4.78 is 43.6. The predicted octanol–water partition coefficient (Wildman–Crippen LogP) is 2.07. The Morgan fingerprint density at radius 1 is 1.37 bits per heavy atom. The highest BCUT2D eigenvalue weighted by Crippen LogP contribution is 2.31. The number of alkyl halides is 3. The Bertz CT molecular complexity index is 594. The molecule has 0 aliphatic carbocycles. The van der Waals surface area contributed by atoms with Gasteiger partial charge in [-0.05, 0) is 18.2 Å². The van der Waals surface area contributed by atoms with E-state index in [0.717, 1.165) is 36.3 Å². The molecule has 2 aromatic rings. The molecule has 0 amide bonds. The molecule has 1 heterocycles. The first-order valence-electron chi connectivity index (χ1n) is 5.08. The molecule has 5 nitrogen and oxygen atoms in total. The van der Waals surface area contributed by atoms with Crippen LogP contribution in [0.5, 0.6) is 0 Å². The van der Waals surface area contributed by atoms with E-state index in [9.17, 15) is 18.0 Å². The minimum absolute atomic E-state index is 0.0269. The number of carbonyl (C=O) groups excluding carboxylic acids is 1. The van der Waals surface area contributed by atoms with Crippen molar-refractivity contribution in [2.75, 3.05) is 7.11 Å². The van der Waals surface area contributed by atoms with Gasteiger partial charge in [-0.3, -0.25) is 0 Å². The molecule has 0 bridgehead atoms. The van der Waals surface area contributed by atoms with Crippen molar-refractivity contribution in [3.05, 3.63) is 42.0 Å². The number of aromatic nitrogens is 3. The number of hydrogen-bond acceptors (Lipinski definition) is 4. The SMILES string of the molecule is COC(=O)c1ccc(C(F)(F)F)cc1-n1cncn1.